The Labute approximate surface area is 140 Å². The Balaban J connectivity index is 2.27. The Morgan fingerprint density at radius 3 is 2.79 bits per heavy atom. The number of fused-ring (bicyclic) bond motifs is 2. The number of nitro groups is 1. The number of benzene rings is 1. The number of hydrogen-bond acceptors (Lipinski definition) is 5. The monoisotopic (exact) mass is 321 g/mol. The Bertz CT molecular complexity index is 865. The summed E-state index contributed by atoms with van der Waals surface area (Å²) in [4.78, 5) is 28.0. The molecule has 6 nitrogen and oxygen atoms in total. The maximum atomic E-state index is 12.9. The van der Waals surface area contributed by atoms with Crippen molar-refractivity contribution in [2.24, 2.45) is 0 Å². The number of pyridine rings is 1. The lowest BCUT2D eigenvalue weighted by Gasteiger charge is -2.16. The second-order valence-electron chi connectivity index (χ2n) is 5.81. The van der Waals surface area contributed by atoms with Crippen molar-refractivity contribution in [2.45, 2.75) is 26.7 Å². The number of nitrogens with zero attached hydrogens (tertiary/aromatic N) is 2. The number of hydrogen-bond donors (Lipinski definition) is 1. The van der Waals surface area contributed by atoms with Crippen molar-refractivity contribution in [1.82, 2.24) is 4.98 Å². The molecule has 3 rings (SSSR count). The molecule has 2 radical (unpaired) electrons. The number of nitrogens with one attached hydrogen (secondary N) is 1. The van der Waals surface area contributed by atoms with Crippen LogP contribution in [-0.2, 0) is 12.8 Å². The molecule has 1 N–H and O–H groups in total. The zero-order valence-corrected chi connectivity index (χ0v) is 13.5. The molecule has 1 heterocycles. The molecule has 0 bridgehead atoms. The Hall–Kier alpha value is -2.70. The molecule has 1 aromatic heterocycles. The van der Waals surface area contributed by atoms with E-state index in [2.05, 4.69) is 10.3 Å². The van der Waals surface area contributed by atoms with Crippen LogP contribution in [0.5, 0.6) is 0 Å². The van der Waals surface area contributed by atoms with Crippen molar-refractivity contribution in [2.75, 3.05) is 11.9 Å². The zero-order valence-electron chi connectivity index (χ0n) is 13.5. The molecule has 1 aliphatic rings. The minimum absolute atomic E-state index is 0.0584. The van der Waals surface area contributed by atoms with E-state index in [9.17, 15) is 14.9 Å². The minimum Gasteiger partial charge on any atom is -0.385 e. The highest BCUT2D eigenvalue weighted by molar-refractivity contribution is 6.32. The van der Waals surface area contributed by atoms with Gasteiger partial charge in [0.15, 0.2) is 0 Å². The summed E-state index contributed by atoms with van der Waals surface area (Å²) in [6.45, 7) is 4.23. The molecule has 0 saturated carbocycles. The van der Waals surface area contributed by atoms with Crippen LogP contribution in [0.25, 0.3) is 0 Å². The molecule has 0 saturated heterocycles. The SMILES string of the molecule is [B]c1cnc2c(c1)CCc1c(cc([N+](=O)[O-])c(C)c1NCC)C2=O. The summed E-state index contributed by atoms with van der Waals surface area (Å²) in [5.41, 5.74) is 3.92. The van der Waals surface area contributed by atoms with Crippen LogP contribution in [0.3, 0.4) is 0 Å². The van der Waals surface area contributed by atoms with Crippen LogP contribution in [0.4, 0.5) is 11.4 Å². The maximum Gasteiger partial charge on any atom is 0.275 e. The van der Waals surface area contributed by atoms with Crippen LogP contribution in [0.1, 0.15) is 39.7 Å². The first kappa shape index (κ1) is 16.2. The lowest BCUT2D eigenvalue weighted by atomic mass is 9.94. The van der Waals surface area contributed by atoms with E-state index in [0.717, 1.165) is 11.1 Å². The molecule has 0 atom stereocenters. The van der Waals surface area contributed by atoms with Gasteiger partial charge in [-0.1, -0.05) is 11.5 Å². The summed E-state index contributed by atoms with van der Waals surface area (Å²) >= 11 is 0. The van der Waals surface area contributed by atoms with E-state index < -0.39 is 4.92 Å². The highest BCUT2D eigenvalue weighted by Crippen LogP contribution is 2.36. The number of carbonyl (C=O) groups is 1. The van der Waals surface area contributed by atoms with Gasteiger partial charge in [0.1, 0.15) is 13.5 Å². The van der Waals surface area contributed by atoms with Gasteiger partial charge in [-0.05, 0) is 37.8 Å². The van der Waals surface area contributed by atoms with E-state index in [1.165, 1.54) is 12.3 Å². The van der Waals surface area contributed by atoms with Crippen molar-refractivity contribution >= 4 is 30.5 Å². The Kier molecular flexibility index (Phi) is 4.09. The van der Waals surface area contributed by atoms with E-state index in [0.29, 0.717) is 47.4 Å². The number of aromatic nitrogens is 1. The predicted octanol–water partition coefficient (Wildman–Crippen LogP) is 1.85. The molecule has 1 aliphatic carbocycles. The topological polar surface area (TPSA) is 85.1 Å². The molecule has 0 amide bonds. The largest absolute Gasteiger partial charge is 0.385 e. The molecule has 0 fully saturated rings. The fraction of sp³-hybridized carbons (Fsp3) is 0.294. The molecule has 0 spiro atoms. The average Bonchev–Trinajstić information content (AvgIpc) is 2.67. The number of carbonyl (C=O) groups excluding carboxylic acids is 1. The van der Waals surface area contributed by atoms with Crippen molar-refractivity contribution in [3.63, 3.8) is 0 Å². The first-order valence-electron chi connectivity index (χ1n) is 7.77. The second-order valence-corrected chi connectivity index (χ2v) is 5.81. The number of anilines is 1. The van der Waals surface area contributed by atoms with Crippen molar-refractivity contribution in [1.29, 1.82) is 0 Å². The fourth-order valence-electron chi connectivity index (χ4n) is 3.20. The normalized spacial score (nSPS) is 13.0. The van der Waals surface area contributed by atoms with Crippen LogP contribution in [0, 0.1) is 17.0 Å². The van der Waals surface area contributed by atoms with Gasteiger partial charge in [0.05, 0.1) is 10.5 Å². The minimum atomic E-state index is -0.452. The number of nitro benzene ring substituents is 1. The molecular formula is C17H16BN3O3. The molecular weight excluding hydrogens is 305 g/mol. The third-order valence-electron chi connectivity index (χ3n) is 4.31. The van der Waals surface area contributed by atoms with Crippen LogP contribution in [0.2, 0.25) is 0 Å². The molecule has 2 aromatic rings. The maximum absolute atomic E-state index is 12.9. The Morgan fingerprint density at radius 1 is 1.38 bits per heavy atom. The smallest absolute Gasteiger partial charge is 0.275 e. The lowest BCUT2D eigenvalue weighted by molar-refractivity contribution is -0.385. The second kappa shape index (κ2) is 6.07. The van der Waals surface area contributed by atoms with Crippen molar-refractivity contribution in [3.8, 4) is 0 Å². The first-order chi connectivity index (χ1) is 11.4. The van der Waals surface area contributed by atoms with Gasteiger partial charge in [-0.15, -0.1) is 0 Å². The van der Waals surface area contributed by atoms with Gasteiger partial charge in [-0.3, -0.25) is 19.9 Å². The number of rotatable bonds is 3. The molecule has 120 valence electrons. The summed E-state index contributed by atoms with van der Waals surface area (Å²) in [6, 6.07) is 3.13. The highest BCUT2D eigenvalue weighted by atomic mass is 16.6. The van der Waals surface area contributed by atoms with E-state index in [1.54, 1.807) is 13.0 Å². The van der Waals surface area contributed by atoms with E-state index in [1.807, 2.05) is 6.92 Å². The molecule has 24 heavy (non-hydrogen) atoms. The van der Waals surface area contributed by atoms with Gasteiger partial charge in [-0.2, -0.15) is 0 Å². The van der Waals surface area contributed by atoms with E-state index in [4.69, 9.17) is 7.85 Å². The third-order valence-corrected chi connectivity index (χ3v) is 4.31. The molecule has 7 heteroatoms. The third kappa shape index (κ3) is 2.56. The molecule has 0 aliphatic heterocycles. The zero-order chi connectivity index (χ0) is 17.4. The number of aryl methyl sites for hydroxylation is 1. The average molecular weight is 321 g/mol. The van der Waals surface area contributed by atoms with Gasteiger partial charge in [0.2, 0.25) is 5.78 Å². The van der Waals surface area contributed by atoms with Crippen molar-refractivity contribution in [3.05, 3.63) is 56.4 Å². The first-order valence-corrected chi connectivity index (χ1v) is 7.77. The summed E-state index contributed by atoms with van der Waals surface area (Å²) < 4.78 is 0. The summed E-state index contributed by atoms with van der Waals surface area (Å²) in [6.07, 6.45) is 2.65. The van der Waals surface area contributed by atoms with Gasteiger partial charge in [0.25, 0.3) is 5.69 Å². The van der Waals surface area contributed by atoms with E-state index in [-0.39, 0.29) is 11.5 Å². The quantitative estimate of drug-likeness (QED) is 0.530. The van der Waals surface area contributed by atoms with Gasteiger partial charge >= 0.3 is 0 Å². The van der Waals surface area contributed by atoms with Crippen LogP contribution >= 0.6 is 0 Å². The number of ketones is 1. The standard InChI is InChI=1S/C17H16BN3O3/c1-3-19-15-9(2)14(21(23)24)7-13-12(15)5-4-10-6-11(18)8-20-16(10)17(13)22/h6-8,19H,3-5H2,1-2H3. The predicted molar refractivity (Wildman–Crippen MR) is 92.5 cm³/mol. The van der Waals surface area contributed by atoms with Gasteiger partial charge in [0, 0.05) is 30.1 Å². The summed E-state index contributed by atoms with van der Waals surface area (Å²) in [7, 11) is 5.77. The fourth-order valence-corrected chi connectivity index (χ4v) is 3.20. The summed E-state index contributed by atoms with van der Waals surface area (Å²) in [5.74, 6) is -0.292. The Morgan fingerprint density at radius 2 is 2.12 bits per heavy atom. The lowest BCUT2D eigenvalue weighted by Crippen LogP contribution is -2.14. The van der Waals surface area contributed by atoms with Crippen molar-refractivity contribution < 1.29 is 9.72 Å². The van der Waals surface area contributed by atoms with Crippen LogP contribution in [-0.4, -0.2) is 30.1 Å². The summed E-state index contributed by atoms with van der Waals surface area (Å²) in [5, 5.41) is 14.6. The highest BCUT2D eigenvalue weighted by Gasteiger charge is 2.29. The van der Waals surface area contributed by atoms with E-state index >= 15 is 0 Å². The van der Waals surface area contributed by atoms with Gasteiger partial charge < -0.3 is 5.32 Å². The molecule has 1 aromatic carbocycles. The van der Waals surface area contributed by atoms with Crippen LogP contribution < -0.4 is 10.8 Å². The van der Waals surface area contributed by atoms with Gasteiger partial charge in [-0.25, -0.2) is 0 Å². The molecule has 0 unspecified atom stereocenters. The van der Waals surface area contributed by atoms with Crippen LogP contribution in [0.15, 0.2) is 18.3 Å².